The summed E-state index contributed by atoms with van der Waals surface area (Å²) in [6.45, 7) is 11.8. The topological polar surface area (TPSA) is 169 Å². The highest BCUT2D eigenvalue weighted by Gasteiger charge is 2.39. The zero-order valence-electron chi connectivity index (χ0n) is 34.1. The van der Waals surface area contributed by atoms with Gasteiger partial charge in [0.15, 0.2) is 27.5 Å². The van der Waals surface area contributed by atoms with Crippen LogP contribution in [-0.4, -0.2) is 90.4 Å². The van der Waals surface area contributed by atoms with E-state index in [1.807, 2.05) is 58.0 Å². The molecule has 2 aliphatic rings. The van der Waals surface area contributed by atoms with E-state index in [1.54, 1.807) is 24.3 Å². The molecule has 0 bridgehead atoms. The van der Waals surface area contributed by atoms with Crippen molar-refractivity contribution in [3.8, 4) is 0 Å². The molecule has 1 aliphatic heterocycles. The van der Waals surface area contributed by atoms with Crippen molar-refractivity contribution in [2.75, 3.05) is 19.3 Å². The number of carbonyl (C=O) groups excluding carboxylic acids is 5. The third-order valence-corrected chi connectivity index (χ3v) is 14.5. The fraction of sp³-hybridized carbons (Fsp3) is 0.667. The van der Waals surface area contributed by atoms with E-state index in [0.717, 1.165) is 37.8 Å². The molecule has 2 aromatic rings. The smallest absolute Gasteiger partial charge is 0.303 e. The van der Waals surface area contributed by atoms with E-state index in [1.165, 1.54) is 18.3 Å². The Labute approximate surface area is 337 Å². The number of hydrogen-bond acceptors (Lipinski definition) is 11. The van der Waals surface area contributed by atoms with E-state index in [-0.39, 0.29) is 66.3 Å². The van der Waals surface area contributed by atoms with Gasteiger partial charge in [0.05, 0.1) is 11.3 Å². The number of ether oxygens (including phenoxy) is 1. The van der Waals surface area contributed by atoms with Crippen LogP contribution in [0.1, 0.15) is 126 Å². The van der Waals surface area contributed by atoms with Crippen molar-refractivity contribution in [1.29, 1.82) is 0 Å². The molecule has 0 unspecified atom stereocenters. The monoisotopic (exact) mass is 814 g/mol. The van der Waals surface area contributed by atoms with Crippen LogP contribution in [0.5, 0.6) is 0 Å². The van der Waals surface area contributed by atoms with Crippen molar-refractivity contribution in [3.05, 3.63) is 52.0 Å². The number of aromatic nitrogens is 1. The Morgan fingerprint density at radius 3 is 2.30 bits per heavy atom. The Balaban J connectivity index is 1.50. The summed E-state index contributed by atoms with van der Waals surface area (Å²) in [4.78, 5) is 73.1. The highest BCUT2D eigenvalue weighted by atomic mass is 32.2. The van der Waals surface area contributed by atoms with Crippen molar-refractivity contribution in [2.45, 2.75) is 135 Å². The second-order valence-electron chi connectivity index (χ2n) is 16.3. The highest BCUT2D eigenvalue weighted by Crippen LogP contribution is 2.33. The van der Waals surface area contributed by atoms with Gasteiger partial charge in [-0.05, 0) is 62.5 Å². The van der Waals surface area contributed by atoms with Gasteiger partial charge in [-0.3, -0.25) is 24.0 Å². The average Bonchev–Trinajstić information content (AvgIpc) is 3.92. The standard InChI is InChI=1S/C42H62N4O8S2/c1-8-27(4)33(22-37(48)34-16-12-13-19-43-34)42(51)46(7)36(26(2)3)23-39(54-29(6)47)41-45-35(24-55-41)40(50)44-31(21-30-14-10-9-11-15-30)20-28(5)38(49)25-56(52,53)32-17-18-32/h9-11,14-15,24,26-28,31-34,36,39,43H,8,12-13,16-23,25H2,1-7H3,(H,44,50)/t27-,28-,31+,33-,34+,36+,39+/m0/s1. The molecular weight excluding hydrogens is 753 g/mol. The molecule has 1 saturated heterocycles. The van der Waals surface area contributed by atoms with Gasteiger partial charge in [0.2, 0.25) is 5.91 Å². The van der Waals surface area contributed by atoms with Gasteiger partial charge in [0.25, 0.3) is 5.91 Å². The summed E-state index contributed by atoms with van der Waals surface area (Å²) in [5, 5.41) is 7.92. The number of carbonyl (C=O) groups is 5. The molecule has 56 heavy (non-hydrogen) atoms. The van der Waals surface area contributed by atoms with Gasteiger partial charge in [-0.2, -0.15) is 0 Å². The minimum atomic E-state index is -3.47. The first-order chi connectivity index (χ1) is 26.5. The van der Waals surface area contributed by atoms with Crippen LogP contribution in [0.15, 0.2) is 35.7 Å². The second-order valence-corrected chi connectivity index (χ2v) is 19.5. The molecule has 1 aliphatic carbocycles. The zero-order valence-corrected chi connectivity index (χ0v) is 35.8. The van der Waals surface area contributed by atoms with Crippen molar-refractivity contribution in [2.24, 2.45) is 23.7 Å². The Morgan fingerprint density at radius 1 is 1.02 bits per heavy atom. The van der Waals surface area contributed by atoms with Crippen LogP contribution in [0.3, 0.4) is 0 Å². The Bertz CT molecular complexity index is 1750. The largest absolute Gasteiger partial charge is 0.455 e. The lowest BCUT2D eigenvalue weighted by atomic mass is 9.83. The SMILES string of the molecule is CC[C@H](C)[C@H](CC(=O)[C@H]1CCCCN1)C(=O)N(C)[C@H](C[C@@H](OC(C)=O)c1nc(C(=O)N[C@@H](Cc2ccccc2)C[C@H](C)C(=O)CS(=O)(=O)C2CC2)cs1)C(C)C. The number of ketones is 2. The first kappa shape index (κ1) is 45.2. The van der Waals surface area contributed by atoms with E-state index in [9.17, 15) is 32.4 Å². The molecule has 4 rings (SSSR count). The summed E-state index contributed by atoms with van der Waals surface area (Å²) in [6, 6.07) is 8.43. The van der Waals surface area contributed by atoms with E-state index >= 15 is 0 Å². The number of nitrogens with one attached hydrogen (secondary N) is 2. The molecule has 7 atom stereocenters. The third kappa shape index (κ3) is 13.0. The lowest BCUT2D eigenvalue weighted by Gasteiger charge is -2.37. The molecule has 2 fully saturated rings. The maximum absolute atomic E-state index is 14.2. The number of rotatable bonds is 22. The number of sulfone groups is 1. The number of esters is 1. The van der Waals surface area contributed by atoms with E-state index in [0.29, 0.717) is 24.3 Å². The van der Waals surface area contributed by atoms with Crippen molar-refractivity contribution in [3.63, 3.8) is 0 Å². The summed E-state index contributed by atoms with van der Waals surface area (Å²) in [5.74, 6) is -3.06. The predicted molar refractivity (Wildman–Crippen MR) is 218 cm³/mol. The predicted octanol–water partition coefficient (Wildman–Crippen LogP) is 5.90. The number of piperidine rings is 1. The molecule has 0 spiro atoms. The van der Waals surface area contributed by atoms with Gasteiger partial charge in [0, 0.05) is 56.1 Å². The molecule has 2 amide bonds. The van der Waals surface area contributed by atoms with Gasteiger partial charge in [0.1, 0.15) is 16.5 Å². The Kier molecular flexibility index (Phi) is 16.8. The maximum atomic E-state index is 14.2. The first-order valence-electron chi connectivity index (χ1n) is 20.2. The molecule has 310 valence electrons. The van der Waals surface area contributed by atoms with Crippen LogP contribution in [0, 0.1) is 23.7 Å². The molecule has 2 heterocycles. The van der Waals surface area contributed by atoms with Crippen molar-refractivity contribution < 1.29 is 37.1 Å². The number of hydrogen-bond donors (Lipinski definition) is 2. The quantitative estimate of drug-likeness (QED) is 0.137. The number of nitrogens with zero attached hydrogens (tertiary/aromatic N) is 2. The summed E-state index contributed by atoms with van der Waals surface area (Å²) in [6.07, 6.45) is 4.95. The molecule has 14 heteroatoms. The average molecular weight is 815 g/mol. The maximum Gasteiger partial charge on any atom is 0.303 e. The molecule has 1 aromatic heterocycles. The van der Waals surface area contributed by atoms with Crippen LogP contribution in [0.4, 0.5) is 0 Å². The summed E-state index contributed by atoms with van der Waals surface area (Å²) >= 11 is 1.18. The minimum absolute atomic E-state index is 0.0165. The lowest BCUT2D eigenvalue weighted by Crippen LogP contribution is -2.48. The van der Waals surface area contributed by atoms with E-state index in [4.69, 9.17) is 4.74 Å². The highest BCUT2D eigenvalue weighted by molar-refractivity contribution is 7.93. The van der Waals surface area contributed by atoms with Gasteiger partial charge in [-0.25, -0.2) is 13.4 Å². The minimum Gasteiger partial charge on any atom is -0.455 e. The van der Waals surface area contributed by atoms with Crippen LogP contribution in [0.25, 0.3) is 0 Å². The molecule has 12 nitrogen and oxygen atoms in total. The fourth-order valence-corrected chi connectivity index (χ4v) is 10.2. The van der Waals surface area contributed by atoms with Gasteiger partial charge >= 0.3 is 5.97 Å². The first-order valence-corrected chi connectivity index (χ1v) is 22.8. The molecular formula is C42H62N4O8S2. The molecule has 1 saturated carbocycles. The van der Waals surface area contributed by atoms with Gasteiger partial charge in [-0.15, -0.1) is 11.3 Å². The number of amides is 2. The second kappa shape index (κ2) is 20.8. The Hall–Kier alpha value is -3.49. The van der Waals surface area contributed by atoms with Crippen LogP contribution in [0.2, 0.25) is 0 Å². The fourth-order valence-electron chi connectivity index (χ4n) is 7.56. The summed E-state index contributed by atoms with van der Waals surface area (Å²) < 4.78 is 30.9. The zero-order chi connectivity index (χ0) is 41.2. The van der Waals surface area contributed by atoms with Crippen LogP contribution < -0.4 is 10.6 Å². The summed E-state index contributed by atoms with van der Waals surface area (Å²) in [5.41, 5.74) is 1.06. The molecule has 1 aromatic carbocycles. The van der Waals surface area contributed by atoms with Crippen molar-refractivity contribution >= 4 is 50.5 Å². The van der Waals surface area contributed by atoms with Gasteiger partial charge in [-0.1, -0.05) is 77.8 Å². The third-order valence-electron chi connectivity index (χ3n) is 11.4. The van der Waals surface area contributed by atoms with Gasteiger partial charge < -0.3 is 20.3 Å². The van der Waals surface area contributed by atoms with E-state index < -0.39 is 56.7 Å². The van der Waals surface area contributed by atoms with Crippen LogP contribution >= 0.6 is 11.3 Å². The Morgan fingerprint density at radius 2 is 1.71 bits per heavy atom. The lowest BCUT2D eigenvalue weighted by molar-refractivity contribution is -0.149. The molecule has 2 N–H and O–H groups in total. The van der Waals surface area contributed by atoms with Crippen LogP contribution in [-0.2, 0) is 40.2 Å². The van der Waals surface area contributed by atoms with E-state index in [2.05, 4.69) is 15.6 Å². The summed E-state index contributed by atoms with van der Waals surface area (Å²) in [7, 11) is -1.72. The normalized spacial score (nSPS) is 19.2. The number of thiazole rings is 1. The molecule has 0 radical (unpaired) electrons. The number of benzene rings is 1. The van der Waals surface area contributed by atoms with Crippen molar-refractivity contribution in [1.82, 2.24) is 20.5 Å². The number of Topliss-reactive ketones (excluding diaryl/α,β-unsaturated/α-hetero) is 2.